The Labute approximate surface area is 124 Å². The van der Waals surface area contributed by atoms with Gasteiger partial charge in [-0.1, -0.05) is 36.4 Å². The van der Waals surface area contributed by atoms with Crippen molar-refractivity contribution in [1.29, 1.82) is 0 Å². The molecule has 0 aromatic heterocycles. The van der Waals surface area contributed by atoms with Crippen molar-refractivity contribution < 1.29 is 8.42 Å². The normalized spacial score (nSPS) is 15.0. The molecule has 2 aromatic rings. The van der Waals surface area contributed by atoms with E-state index in [1.54, 1.807) is 24.3 Å². The zero-order chi connectivity index (χ0) is 14.7. The average Bonchev–Trinajstić information content (AvgIpc) is 2.97. The first kappa shape index (κ1) is 13.8. The van der Waals surface area contributed by atoms with Crippen molar-refractivity contribution in [3.05, 3.63) is 60.7 Å². The van der Waals surface area contributed by atoms with Gasteiger partial charge in [0.15, 0.2) is 9.84 Å². The van der Waals surface area contributed by atoms with Gasteiger partial charge >= 0.3 is 0 Å². The highest BCUT2D eigenvalue weighted by Crippen LogP contribution is 2.20. The van der Waals surface area contributed by atoms with E-state index in [0.717, 1.165) is 12.2 Å². The smallest absolute Gasteiger partial charge is 0.183 e. The lowest BCUT2D eigenvalue weighted by molar-refractivity contribution is 0.599. The van der Waals surface area contributed by atoms with E-state index in [0.29, 0.717) is 17.0 Å². The fourth-order valence-corrected chi connectivity index (χ4v) is 3.70. The van der Waals surface area contributed by atoms with Gasteiger partial charge in [-0.3, -0.25) is 5.01 Å². The van der Waals surface area contributed by atoms with Gasteiger partial charge < -0.3 is 0 Å². The lowest BCUT2D eigenvalue weighted by Crippen LogP contribution is -2.14. The van der Waals surface area contributed by atoms with Gasteiger partial charge in [0, 0.05) is 13.0 Å². The Hall–Kier alpha value is -2.14. The molecule has 4 nitrogen and oxygen atoms in total. The first-order chi connectivity index (χ1) is 10.1. The van der Waals surface area contributed by atoms with Crippen LogP contribution in [-0.2, 0) is 9.84 Å². The maximum absolute atomic E-state index is 12.3. The Kier molecular flexibility index (Phi) is 3.75. The number of anilines is 1. The number of benzene rings is 2. The highest BCUT2D eigenvalue weighted by molar-refractivity contribution is 7.92. The molecule has 1 heterocycles. The largest absolute Gasteiger partial charge is 0.265 e. The highest BCUT2D eigenvalue weighted by atomic mass is 32.2. The van der Waals surface area contributed by atoms with Gasteiger partial charge in [0.25, 0.3) is 0 Å². The fraction of sp³-hybridized carbons (Fsp3) is 0.188. The minimum Gasteiger partial charge on any atom is -0.265 e. The van der Waals surface area contributed by atoms with Crippen molar-refractivity contribution >= 4 is 21.2 Å². The number of hydrazone groups is 1. The lowest BCUT2D eigenvalue weighted by Gasteiger charge is -2.12. The van der Waals surface area contributed by atoms with Crippen LogP contribution in [0, 0.1) is 0 Å². The lowest BCUT2D eigenvalue weighted by atomic mass is 10.3. The van der Waals surface area contributed by atoms with E-state index in [1.165, 1.54) is 0 Å². The Morgan fingerprint density at radius 2 is 1.57 bits per heavy atom. The van der Waals surface area contributed by atoms with Gasteiger partial charge in [-0.2, -0.15) is 5.10 Å². The third-order valence-electron chi connectivity index (χ3n) is 3.39. The summed E-state index contributed by atoms with van der Waals surface area (Å²) in [5.74, 6) is -0.0135. The third kappa shape index (κ3) is 3.13. The first-order valence-electron chi connectivity index (χ1n) is 6.82. The molecule has 5 heteroatoms. The Balaban J connectivity index is 1.77. The van der Waals surface area contributed by atoms with Crippen LogP contribution in [0.5, 0.6) is 0 Å². The van der Waals surface area contributed by atoms with Crippen molar-refractivity contribution in [2.24, 2.45) is 5.10 Å². The molecule has 0 amide bonds. The molecule has 0 N–H and O–H groups in total. The van der Waals surface area contributed by atoms with Crippen molar-refractivity contribution in [3.63, 3.8) is 0 Å². The predicted molar refractivity (Wildman–Crippen MR) is 84.3 cm³/mol. The summed E-state index contributed by atoms with van der Waals surface area (Å²) in [6.45, 7) is 0.726. The summed E-state index contributed by atoms with van der Waals surface area (Å²) in [6.07, 6.45) is 0.682. The highest BCUT2D eigenvalue weighted by Gasteiger charge is 2.22. The van der Waals surface area contributed by atoms with E-state index in [9.17, 15) is 8.42 Å². The molecule has 1 aliphatic rings. The molecular weight excluding hydrogens is 284 g/mol. The Morgan fingerprint density at radius 1 is 0.952 bits per heavy atom. The number of sulfone groups is 1. The molecule has 108 valence electrons. The minimum absolute atomic E-state index is 0.0135. The zero-order valence-corrected chi connectivity index (χ0v) is 12.3. The molecule has 21 heavy (non-hydrogen) atoms. The summed E-state index contributed by atoms with van der Waals surface area (Å²) in [5.41, 5.74) is 1.70. The monoisotopic (exact) mass is 300 g/mol. The summed E-state index contributed by atoms with van der Waals surface area (Å²) < 4.78 is 24.7. The molecule has 0 aliphatic carbocycles. The van der Waals surface area contributed by atoms with Crippen LogP contribution in [0.25, 0.3) is 0 Å². The van der Waals surface area contributed by atoms with Crippen molar-refractivity contribution in [3.8, 4) is 0 Å². The van der Waals surface area contributed by atoms with E-state index < -0.39 is 9.84 Å². The summed E-state index contributed by atoms with van der Waals surface area (Å²) in [4.78, 5) is 0.353. The molecule has 0 radical (unpaired) electrons. The molecule has 2 aromatic carbocycles. The fourth-order valence-electron chi connectivity index (χ4n) is 2.32. The van der Waals surface area contributed by atoms with Gasteiger partial charge in [-0.05, 0) is 24.3 Å². The van der Waals surface area contributed by atoms with E-state index in [1.807, 2.05) is 41.4 Å². The predicted octanol–water partition coefficient (Wildman–Crippen LogP) is 2.73. The molecule has 3 rings (SSSR count). The van der Waals surface area contributed by atoms with Gasteiger partial charge in [0.2, 0.25) is 0 Å². The quantitative estimate of drug-likeness (QED) is 0.872. The molecule has 1 aliphatic heterocycles. The van der Waals surface area contributed by atoms with E-state index in [2.05, 4.69) is 5.10 Å². The van der Waals surface area contributed by atoms with E-state index in [-0.39, 0.29) is 5.75 Å². The van der Waals surface area contributed by atoms with E-state index >= 15 is 0 Å². The molecule has 0 saturated heterocycles. The van der Waals surface area contributed by atoms with Gasteiger partial charge in [-0.15, -0.1) is 0 Å². The summed E-state index contributed by atoms with van der Waals surface area (Å²) in [7, 11) is -3.31. The SMILES string of the molecule is O=S(=O)(CC1=NN(c2ccccc2)CC1)c1ccccc1. The molecule has 0 spiro atoms. The van der Waals surface area contributed by atoms with Crippen LogP contribution in [-0.4, -0.2) is 26.4 Å². The van der Waals surface area contributed by atoms with Crippen LogP contribution >= 0.6 is 0 Å². The maximum Gasteiger partial charge on any atom is 0.183 e. The van der Waals surface area contributed by atoms with Crippen LogP contribution in [0.3, 0.4) is 0 Å². The second-order valence-corrected chi connectivity index (χ2v) is 6.94. The summed E-state index contributed by atoms with van der Waals surface area (Å²) in [6, 6.07) is 18.3. The average molecular weight is 300 g/mol. The van der Waals surface area contributed by atoms with Gasteiger partial charge in [-0.25, -0.2) is 8.42 Å². The molecule has 0 atom stereocenters. The van der Waals surface area contributed by atoms with Crippen LogP contribution in [0.1, 0.15) is 6.42 Å². The number of nitrogens with zero attached hydrogens (tertiary/aromatic N) is 2. The minimum atomic E-state index is -3.31. The Morgan fingerprint density at radius 3 is 2.24 bits per heavy atom. The summed E-state index contributed by atoms with van der Waals surface area (Å²) >= 11 is 0. The molecule has 0 bridgehead atoms. The van der Waals surface area contributed by atoms with Crippen molar-refractivity contribution in [1.82, 2.24) is 0 Å². The topological polar surface area (TPSA) is 49.7 Å². The number of rotatable bonds is 4. The number of hydrogen-bond acceptors (Lipinski definition) is 4. The van der Waals surface area contributed by atoms with Gasteiger partial charge in [0.05, 0.1) is 22.0 Å². The van der Waals surface area contributed by atoms with Crippen molar-refractivity contribution in [2.45, 2.75) is 11.3 Å². The number of para-hydroxylation sites is 1. The zero-order valence-electron chi connectivity index (χ0n) is 11.5. The molecule has 0 unspecified atom stereocenters. The standard InChI is InChI=1S/C16H16N2O2S/c19-21(20,16-9-5-2-6-10-16)13-14-11-12-18(17-14)15-7-3-1-4-8-15/h1-10H,11-13H2. The Bertz CT molecular complexity index is 740. The van der Waals surface area contributed by atoms with E-state index in [4.69, 9.17) is 0 Å². The van der Waals surface area contributed by atoms with Crippen LogP contribution < -0.4 is 5.01 Å². The molecule has 0 fully saturated rings. The van der Waals surface area contributed by atoms with Crippen LogP contribution in [0.4, 0.5) is 5.69 Å². The van der Waals surface area contributed by atoms with Crippen LogP contribution in [0.15, 0.2) is 70.7 Å². The van der Waals surface area contributed by atoms with Crippen LogP contribution in [0.2, 0.25) is 0 Å². The van der Waals surface area contributed by atoms with Gasteiger partial charge in [0.1, 0.15) is 0 Å². The summed E-state index contributed by atoms with van der Waals surface area (Å²) in [5, 5.41) is 6.30. The molecule has 0 saturated carbocycles. The third-order valence-corrected chi connectivity index (χ3v) is 5.09. The first-order valence-corrected chi connectivity index (χ1v) is 8.47. The maximum atomic E-state index is 12.3. The second-order valence-electron chi connectivity index (χ2n) is 4.95. The number of hydrogen-bond donors (Lipinski definition) is 0. The molecular formula is C16H16N2O2S. The van der Waals surface area contributed by atoms with Crippen molar-refractivity contribution in [2.75, 3.05) is 17.3 Å². The second kappa shape index (κ2) is 5.69.